The van der Waals surface area contributed by atoms with Crippen LogP contribution in [-0.2, 0) is 20.6 Å². The summed E-state index contributed by atoms with van der Waals surface area (Å²) in [5.74, 6) is 0. The van der Waals surface area contributed by atoms with E-state index in [1.807, 2.05) is 18.5 Å². The summed E-state index contributed by atoms with van der Waals surface area (Å²) in [4.78, 5) is 6.84. The van der Waals surface area contributed by atoms with E-state index in [1.165, 1.54) is 5.56 Å². The second-order valence-corrected chi connectivity index (χ2v) is 6.08. The third-order valence-electron chi connectivity index (χ3n) is 4.69. The van der Waals surface area contributed by atoms with E-state index in [-0.39, 0.29) is 6.10 Å². The van der Waals surface area contributed by atoms with Crippen LogP contribution in [0.5, 0.6) is 0 Å². The number of rotatable bonds is 7. The number of nitrogens with zero attached hydrogens (tertiary/aromatic N) is 2. The molecule has 0 saturated carbocycles. The normalized spacial score (nSPS) is 29.2. The van der Waals surface area contributed by atoms with Gasteiger partial charge in [-0.25, -0.2) is 0 Å². The van der Waals surface area contributed by atoms with Gasteiger partial charge in [0.25, 0.3) is 0 Å². The fourth-order valence-electron chi connectivity index (χ4n) is 3.57. The van der Waals surface area contributed by atoms with Crippen molar-refractivity contribution in [3.8, 4) is 0 Å². The van der Waals surface area contributed by atoms with Crippen molar-refractivity contribution in [1.29, 1.82) is 0 Å². The molecule has 2 aliphatic rings. The number of pyridine rings is 1. The minimum absolute atomic E-state index is 0.274. The zero-order valence-corrected chi connectivity index (χ0v) is 13.3. The first kappa shape index (κ1) is 15.9. The van der Waals surface area contributed by atoms with Gasteiger partial charge in [0.2, 0.25) is 0 Å². The van der Waals surface area contributed by atoms with E-state index < -0.39 is 0 Å². The van der Waals surface area contributed by atoms with Crippen molar-refractivity contribution < 1.29 is 14.2 Å². The van der Waals surface area contributed by atoms with Crippen molar-refractivity contribution in [1.82, 2.24) is 9.88 Å². The van der Waals surface area contributed by atoms with Gasteiger partial charge >= 0.3 is 0 Å². The first-order valence-electron chi connectivity index (χ1n) is 8.21. The minimum atomic E-state index is 0.274. The molecule has 122 valence electrons. The van der Waals surface area contributed by atoms with Crippen LogP contribution in [0.3, 0.4) is 0 Å². The lowest BCUT2D eigenvalue weighted by atomic mass is 10.0. The molecule has 0 radical (unpaired) electrons. The second kappa shape index (κ2) is 8.02. The molecule has 5 nitrogen and oxygen atoms in total. The average molecular weight is 306 g/mol. The van der Waals surface area contributed by atoms with Crippen molar-refractivity contribution in [3.05, 3.63) is 30.1 Å². The van der Waals surface area contributed by atoms with Crippen molar-refractivity contribution in [2.45, 2.75) is 37.5 Å². The summed E-state index contributed by atoms with van der Waals surface area (Å²) in [6.45, 7) is 4.16. The Morgan fingerprint density at radius 3 is 3.05 bits per heavy atom. The van der Waals surface area contributed by atoms with E-state index in [4.69, 9.17) is 14.2 Å². The topological polar surface area (TPSA) is 43.8 Å². The van der Waals surface area contributed by atoms with E-state index in [1.54, 1.807) is 7.11 Å². The molecule has 2 fully saturated rings. The third-order valence-corrected chi connectivity index (χ3v) is 4.69. The Morgan fingerprint density at radius 2 is 2.32 bits per heavy atom. The van der Waals surface area contributed by atoms with E-state index in [2.05, 4.69) is 16.0 Å². The highest BCUT2D eigenvalue weighted by molar-refractivity contribution is 5.12. The number of ether oxygens (including phenoxy) is 3. The molecule has 3 heterocycles. The van der Waals surface area contributed by atoms with Crippen LogP contribution < -0.4 is 0 Å². The first-order valence-corrected chi connectivity index (χ1v) is 8.21. The van der Waals surface area contributed by atoms with Gasteiger partial charge in [0.15, 0.2) is 0 Å². The molecule has 0 bridgehead atoms. The molecule has 3 atom stereocenters. The molecule has 0 aromatic carbocycles. The van der Waals surface area contributed by atoms with E-state index >= 15 is 0 Å². The summed E-state index contributed by atoms with van der Waals surface area (Å²) < 4.78 is 16.8. The molecule has 0 N–H and O–H groups in total. The number of hydrogen-bond acceptors (Lipinski definition) is 5. The van der Waals surface area contributed by atoms with Crippen molar-refractivity contribution in [2.75, 3.05) is 40.1 Å². The Balaban J connectivity index is 1.67. The van der Waals surface area contributed by atoms with Crippen LogP contribution in [0.2, 0.25) is 0 Å². The van der Waals surface area contributed by atoms with Crippen LogP contribution in [0.4, 0.5) is 0 Å². The van der Waals surface area contributed by atoms with Gasteiger partial charge in [-0.3, -0.25) is 9.88 Å². The smallest absolute Gasteiger partial charge is 0.0746 e. The van der Waals surface area contributed by atoms with E-state index in [9.17, 15) is 0 Å². The van der Waals surface area contributed by atoms with Gasteiger partial charge in [-0.05, 0) is 30.9 Å². The summed E-state index contributed by atoms with van der Waals surface area (Å²) in [6.07, 6.45) is 7.28. The predicted molar refractivity (Wildman–Crippen MR) is 83.9 cm³/mol. The third kappa shape index (κ3) is 3.84. The van der Waals surface area contributed by atoms with Crippen LogP contribution in [0.15, 0.2) is 24.5 Å². The Bertz CT molecular complexity index is 437. The molecular formula is C17H26N2O3. The summed E-state index contributed by atoms with van der Waals surface area (Å²) >= 11 is 0. The van der Waals surface area contributed by atoms with Gasteiger partial charge in [-0.15, -0.1) is 0 Å². The first-order chi connectivity index (χ1) is 10.9. The molecule has 5 heteroatoms. The lowest BCUT2D eigenvalue weighted by Crippen LogP contribution is -2.44. The van der Waals surface area contributed by atoms with Gasteiger partial charge in [-0.2, -0.15) is 0 Å². The monoisotopic (exact) mass is 306 g/mol. The molecule has 0 unspecified atom stereocenters. The molecule has 3 rings (SSSR count). The van der Waals surface area contributed by atoms with Crippen LogP contribution in [0, 0.1) is 0 Å². The quantitative estimate of drug-likeness (QED) is 0.715. The molecule has 0 spiro atoms. The fourth-order valence-corrected chi connectivity index (χ4v) is 3.57. The van der Waals surface area contributed by atoms with Gasteiger partial charge in [0.1, 0.15) is 0 Å². The SMILES string of the molecule is COCCO[C@H]1CCN([C@H]2CCOC2)[C@H]1Cc1cccnc1. The Morgan fingerprint density at radius 1 is 1.36 bits per heavy atom. The molecule has 1 aromatic heterocycles. The highest BCUT2D eigenvalue weighted by Crippen LogP contribution is 2.29. The van der Waals surface area contributed by atoms with Crippen molar-refractivity contribution in [2.24, 2.45) is 0 Å². The van der Waals surface area contributed by atoms with Crippen molar-refractivity contribution in [3.63, 3.8) is 0 Å². The largest absolute Gasteiger partial charge is 0.382 e. The number of methoxy groups -OCH3 is 1. The average Bonchev–Trinajstić information content (AvgIpc) is 3.19. The fraction of sp³-hybridized carbons (Fsp3) is 0.706. The van der Waals surface area contributed by atoms with Gasteiger partial charge in [0.05, 0.1) is 25.9 Å². The Kier molecular flexibility index (Phi) is 5.78. The summed E-state index contributed by atoms with van der Waals surface area (Å²) in [6, 6.07) is 5.11. The maximum Gasteiger partial charge on any atom is 0.0746 e. The molecule has 2 aliphatic heterocycles. The van der Waals surface area contributed by atoms with Crippen LogP contribution >= 0.6 is 0 Å². The molecule has 0 aliphatic carbocycles. The Hall–Kier alpha value is -1.01. The summed E-state index contributed by atoms with van der Waals surface area (Å²) in [7, 11) is 1.72. The number of hydrogen-bond donors (Lipinski definition) is 0. The van der Waals surface area contributed by atoms with E-state index in [0.29, 0.717) is 25.3 Å². The summed E-state index contributed by atoms with van der Waals surface area (Å²) in [5, 5.41) is 0. The minimum Gasteiger partial charge on any atom is -0.382 e. The van der Waals surface area contributed by atoms with Crippen LogP contribution in [0.1, 0.15) is 18.4 Å². The van der Waals surface area contributed by atoms with Gasteiger partial charge < -0.3 is 14.2 Å². The maximum atomic E-state index is 6.09. The maximum absolute atomic E-state index is 6.09. The second-order valence-electron chi connectivity index (χ2n) is 6.08. The standard InChI is InChI=1S/C17H26N2O3/c1-20-9-10-22-17-4-7-19(15-5-8-21-13-15)16(17)11-14-3-2-6-18-12-14/h2-3,6,12,15-17H,4-5,7-11,13H2,1H3/t15-,16-,17-/m0/s1. The van der Waals surface area contributed by atoms with Crippen LogP contribution in [0.25, 0.3) is 0 Å². The predicted octanol–water partition coefficient (Wildman–Crippen LogP) is 1.52. The van der Waals surface area contributed by atoms with Gasteiger partial charge in [0, 0.05) is 44.7 Å². The molecule has 0 amide bonds. The highest BCUT2D eigenvalue weighted by Gasteiger charge is 2.39. The molecule has 1 aromatic rings. The lowest BCUT2D eigenvalue weighted by molar-refractivity contribution is -0.00621. The van der Waals surface area contributed by atoms with Crippen LogP contribution in [-0.4, -0.2) is 68.2 Å². The highest BCUT2D eigenvalue weighted by atomic mass is 16.5. The zero-order valence-electron chi connectivity index (χ0n) is 13.3. The van der Waals surface area contributed by atoms with Crippen molar-refractivity contribution >= 4 is 0 Å². The molecule has 2 saturated heterocycles. The lowest BCUT2D eigenvalue weighted by Gasteiger charge is -2.32. The summed E-state index contributed by atoms with van der Waals surface area (Å²) in [5.41, 5.74) is 1.28. The number of likely N-dealkylation sites (tertiary alicyclic amines) is 1. The Labute approximate surface area is 132 Å². The zero-order chi connectivity index (χ0) is 15.2. The van der Waals surface area contributed by atoms with Gasteiger partial charge in [-0.1, -0.05) is 6.07 Å². The number of aromatic nitrogens is 1. The van der Waals surface area contributed by atoms with E-state index in [0.717, 1.165) is 39.0 Å². The molecular weight excluding hydrogens is 280 g/mol. The molecule has 22 heavy (non-hydrogen) atoms.